The Labute approximate surface area is 122 Å². The minimum atomic E-state index is 0.696. The highest BCUT2D eigenvalue weighted by atomic mass is 32.1. The number of hydrogen-bond donors (Lipinski definition) is 1. The molecule has 102 valence electrons. The van der Waals surface area contributed by atoms with E-state index >= 15 is 0 Å². The second-order valence-corrected chi connectivity index (χ2v) is 7.23. The van der Waals surface area contributed by atoms with Crippen LogP contribution in [0.3, 0.4) is 0 Å². The standard InChI is InChI=1S/C15H20N2S2/c16-9-8-13-17-14(12-7-4-10-18-12)15(19-13)11-5-2-1-3-6-11/h4,7,10-11H,1-3,5-6,8-9,16H2. The third-order valence-electron chi connectivity index (χ3n) is 3.79. The van der Waals surface area contributed by atoms with Gasteiger partial charge >= 0.3 is 0 Å². The maximum Gasteiger partial charge on any atom is 0.0949 e. The highest BCUT2D eigenvalue weighted by molar-refractivity contribution is 7.15. The van der Waals surface area contributed by atoms with Gasteiger partial charge in [-0.2, -0.15) is 0 Å². The van der Waals surface area contributed by atoms with Crippen LogP contribution in [0.1, 0.15) is 47.9 Å². The second kappa shape index (κ2) is 6.16. The summed E-state index contributed by atoms with van der Waals surface area (Å²) in [7, 11) is 0. The molecule has 2 N–H and O–H groups in total. The zero-order valence-corrected chi connectivity index (χ0v) is 12.7. The van der Waals surface area contributed by atoms with Crippen molar-refractivity contribution in [3.05, 3.63) is 27.4 Å². The molecule has 0 radical (unpaired) electrons. The molecular formula is C15H20N2S2. The molecule has 19 heavy (non-hydrogen) atoms. The molecule has 4 heteroatoms. The molecule has 2 aromatic heterocycles. The predicted molar refractivity (Wildman–Crippen MR) is 84.0 cm³/mol. The first-order chi connectivity index (χ1) is 9.38. The molecule has 0 bridgehead atoms. The first kappa shape index (κ1) is 13.3. The van der Waals surface area contributed by atoms with E-state index in [0.717, 1.165) is 12.3 Å². The van der Waals surface area contributed by atoms with Crippen LogP contribution < -0.4 is 5.73 Å². The minimum Gasteiger partial charge on any atom is -0.330 e. The Balaban J connectivity index is 1.95. The van der Waals surface area contributed by atoms with Gasteiger partial charge in [0.2, 0.25) is 0 Å². The Bertz CT molecular complexity index is 510. The van der Waals surface area contributed by atoms with Crippen molar-refractivity contribution >= 4 is 22.7 Å². The fourth-order valence-electron chi connectivity index (χ4n) is 2.84. The van der Waals surface area contributed by atoms with Gasteiger partial charge in [-0.05, 0) is 36.8 Å². The van der Waals surface area contributed by atoms with Crippen molar-refractivity contribution in [1.82, 2.24) is 4.98 Å². The van der Waals surface area contributed by atoms with Crippen molar-refractivity contribution in [2.45, 2.75) is 44.4 Å². The lowest BCUT2D eigenvalue weighted by molar-refractivity contribution is 0.448. The van der Waals surface area contributed by atoms with Crippen LogP contribution in [0.15, 0.2) is 17.5 Å². The fraction of sp³-hybridized carbons (Fsp3) is 0.533. The lowest BCUT2D eigenvalue weighted by Crippen LogP contribution is -2.03. The van der Waals surface area contributed by atoms with Crippen molar-refractivity contribution in [2.24, 2.45) is 5.73 Å². The molecular weight excluding hydrogens is 272 g/mol. The van der Waals surface area contributed by atoms with Crippen LogP contribution in [0.25, 0.3) is 10.6 Å². The molecule has 0 atom stereocenters. The van der Waals surface area contributed by atoms with Crippen molar-refractivity contribution in [2.75, 3.05) is 6.54 Å². The summed E-state index contributed by atoms with van der Waals surface area (Å²) in [5.74, 6) is 0.731. The maximum atomic E-state index is 5.69. The number of aromatic nitrogens is 1. The van der Waals surface area contributed by atoms with E-state index in [0.29, 0.717) is 6.54 Å². The monoisotopic (exact) mass is 292 g/mol. The van der Waals surface area contributed by atoms with Crippen molar-refractivity contribution in [3.63, 3.8) is 0 Å². The molecule has 1 fully saturated rings. The number of nitrogens with zero attached hydrogens (tertiary/aromatic N) is 1. The Morgan fingerprint density at radius 2 is 2.11 bits per heavy atom. The Morgan fingerprint density at radius 3 is 2.79 bits per heavy atom. The van der Waals surface area contributed by atoms with E-state index in [-0.39, 0.29) is 0 Å². The summed E-state index contributed by atoms with van der Waals surface area (Å²) in [4.78, 5) is 7.71. The SMILES string of the molecule is NCCc1nc(-c2cccs2)c(C2CCCCC2)s1. The minimum absolute atomic E-state index is 0.696. The molecule has 2 aromatic rings. The van der Waals surface area contributed by atoms with Gasteiger partial charge < -0.3 is 5.73 Å². The van der Waals surface area contributed by atoms with Crippen molar-refractivity contribution in [1.29, 1.82) is 0 Å². The normalized spacial score (nSPS) is 16.9. The molecule has 0 unspecified atom stereocenters. The lowest BCUT2D eigenvalue weighted by atomic mass is 9.87. The van der Waals surface area contributed by atoms with E-state index in [1.807, 2.05) is 11.3 Å². The van der Waals surface area contributed by atoms with Crippen LogP contribution in [0.5, 0.6) is 0 Å². The van der Waals surface area contributed by atoms with Gasteiger partial charge in [0.15, 0.2) is 0 Å². The van der Waals surface area contributed by atoms with Gasteiger partial charge in [0.1, 0.15) is 0 Å². The molecule has 0 saturated heterocycles. The highest BCUT2D eigenvalue weighted by Crippen LogP contribution is 2.42. The number of hydrogen-bond acceptors (Lipinski definition) is 4. The molecule has 1 aliphatic carbocycles. The smallest absolute Gasteiger partial charge is 0.0949 e. The average molecular weight is 292 g/mol. The molecule has 2 heterocycles. The van der Waals surface area contributed by atoms with Gasteiger partial charge in [0, 0.05) is 11.3 Å². The fourth-order valence-corrected chi connectivity index (χ4v) is 4.90. The summed E-state index contributed by atoms with van der Waals surface area (Å²) < 4.78 is 0. The summed E-state index contributed by atoms with van der Waals surface area (Å²) in [6, 6.07) is 4.31. The first-order valence-corrected chi connectivity index (χ1v) is 8.81. The molecule has 0 spiro atoms. The Morgan fingerprint density at radius 1 is 1.26 bits per heavy atom. The number of thiophene rings is 1. The van der Waals surface area contributed by atoms with Gasteiger partial charge in [-0.15, -0.1) is 22.7 Å². The van der Waals surface area contributed by atoms with Gasteiger partial charge in [0.05, 0.1) is 15.6 Å². The lowest BCUT2D eigenvalue weighted by Gasteiger charge is -2.20. The Hall–Kier alpha value is -0.710. The topological polar surface area (TPSA) is 38.9 Å². The molecule has 0 amide bonds. The largest absolute Gasteiger partial charge is 0.330 e. The molecule has 2 nitrogen and oxygen atoms in total. The summed E-state index contributed by atoms with van der Waals surface area (Å²) in [5, 5.41) is 3.36. The van der Waals surface area contributed by atoms with Gasteiger partial charge in [-0.25, -0.2) is 4.98 Å². The summed E-state index contributed by atoms with van der Waals surface area (Å²) in [5.41, 5.74) is 6.93. The van der Waals surface area contributed by atoms with Gasteiger partial charge in [0.25, 0.3) is 0 Å². The van der Waals surface area contributed by atoms with Crippen molar-refractivity contribution < 1.29 is 0 Å². The van der Waals surface area contributed by atoms with Gasteiger partial charge in [-0.3, -0.25) is 0 Å². The third kappa shape index (κ3) is 2.91. The zero-order chi connectivity index (χ0) is 13.1. The maximum absolute atomic E-state index is 5.69. The second-order valence-electron chi connectivity index (χ2n) is 5.17. The van der Waals surface area contributed by atoms with Crippen molar-refractivity contribution in [3.8, 4) is 10.6 Å². The van der Waals surface area contributed by atoms with E-state index < -0.39 is 0 Å². The van der Waals surface area contributed by atoms with Crippen LogP contribution in [0.2, 0.25) is 0 Å². The number of nitrogens with two attached hydrogens (primary N) is 1. The molecule has 3 rings (SSSR count). The highest BCUT2D eigenvalue weighted by Gasteiger charge is 2.23. The van der Waals surface area contributed by atoms with Gasteiger partial charge in [-0.1, -0.05) is 25.3 Å². The van der Waals surface area contributed by atoms with Crippen LogP contribution >= 0.6 is 22.7 Å². The van der Waals surface area contributed by atoms with Crippen LogP contribution in [-0.2, 0) is 6.42 Å². The van der Waals surface area contributed by atoms with Crippen LogP contribution in [-0.4, -0.2) is 11.5 Å². The van der Waals surface area contributed by atoms with Crippen LogP contribution in [0, 0.1) is 0 Å². The predicted octanol–water partition coefficient (Wildman–Crippen LogP) is 4.42. The molecule has 0 aliphatic heterocycles. The summed E-state index contributed by atoms with van der Waals surface area (Å²) >= 11 is 3.70. The zero-order valence-electron chi connectivity index (χ0n) is 11.1. The van der Waals surface area contributed by atoms with E-state index in [2.05, 4.69) is 17.5 Å². The van der Waals surface area contributed by atoms with E-state index in [4.69, 9.17) is 10.7 Å². The summed E-state index contributed by atoms with van der Waals surface area (Å²) in [6.45, 7) is 0.696. The average Bonchev–Trinajstić information content (AvgIpc) is 3.08. The van der Waals surface area contributed by atoms with E-state index in [9.17, 15) is 0 Å². The Kier molecular flexibility index (Phi) is 4.31. The van der Waals surface area contributed by atoms with E-state index in [1.54, 1.807) is 11.3 Å². The summed E-state index contributed by atoms with van der Waals surface area (Å²) in [6.07, 6.45) is 7.73. The molecule has 1 aliphatic rings. The molecule has 0 aromatic carbocycles. The van der Waals surface area contributed by atoms with Crippen LogP contribution in [0.4, 0.5) is 0 Å². The quantitative estimate of drug-likeness (QED) is 0.906. The van der Waals surface area contributed by atoms with E-state index in [1.165, 1.54) is 52.6 Å². The number of thiazole rings is 1. The first-order valence-electron chi connectivity index (χ1n) is 7.12. The molecule has 1 saturated carbocycles. The third-order valence-corrected chi connectivity index (χ3v) is 5.94. The number of rotatable bonds is 4.